The van der Waals surface area contributed by atoms with Crippen molar-refractivity contribution in [2.75, 3.05) is 25.0 Å². The third-order valence-electron chi connectivity index (χ3n) is 5.33. The van der Waals surface area contributed by atoms with Crippen molar-refractivity contribution in [2.24, 2.45) is 5.92 Å². The molecule has 1 aromatic heterocycles. The molecule has 1 amide bonds. The van der Waals surface area contributed by atoms with E-state index in [1.165, 1.54) is 0 Å². The summed E-state index contributed by atoms with van der Waals surface area (Å²) in [4.78, 5) is 19.5. The topological polar surface area (TPSA) is 80.5 Å². The van der Waals surface area contributed by atoms with Crippen LogP contribution in [0.3, 0.4) is 0 Å². The number of carbonyl (C=O) groups excluding carboxylic acids is 1. The third-order valence-corrected chi connectivity index (χ3v) is 5.58. The third kappa shape index (κ3) is 5.42. The second kappa shape index (κ2) is 9.94. The largest absolute Gasteiger partial charge is 0.492 e. The van der Waals surface area contributed by atoms with Crippen LogP contribution in [0.15, 0.2) is 53.1 Å². The van der Waals surface area contributed by atoms with Crippen molar-refractivity contribution >= 4 is 23.2 Å². The Bertz CT molecular complexity index is 1010. The molecule has 2 heterocycles. The lowest BCUT2D eigenvalue weighted by molar-refractivity contribution is -0.121. The molecule has 2 aromatic carbocycles. The monoisotopic (exact) mass is 440 g/mol. The van der Waals surface area contributed by atoms with E-state index in [1.807, 2.05) is 43.3 Å². The van der Waals surface area contributed by atoms with Crippen LogP contribution in [-0.2, 0) is 11.3 Å². The number of anilines is 1. The quantitative estimate of drug-likeness (QED) is 0.576. The van der Waals surface area contributed by atoms with Crippen molar-refractivity contribution in [3.05, 3.63) is 59.4 Å². The number of benzene rings is 2. The molecule has 1 N–H and O–H groups in total. The fourth-order valence-corrected chi connectivity index (χ4v) is 3.79. The number of para-hydroxylation sites is 2. The predicted octanol–water partition coefficient (Wildman–Crippen LogP) is 4.64. The Morgan fingerprint density at radius 1 is 1.19 bits per heavy atom. The average molecular weight is 441 g/mol. The number of hydrogen-bond acceptors (Lipinski definition) is 6. The second-order valence-corrected chi connectivity index (χ2v) is 7.92. The van der Waals surface area contributed by atoms with Crippen LogP contribution < -0.4 is 10.1 Å². The number of carbonyl (C=O) groups is 1. The van der Waals surface area contributed by atoms with Crippen LogP contribution in [0.25, 0.3) is 11.4 Å². The first kappa shape index (κ1) is 21.3. The molecule has 0 unspecified atom stereocenters. The molecular formula is C23H25ClN4O3. The maximum absolute atomic E-state index is 12.7. The summed E-state index contributed by atoms with van der Waals surface area (Å²) in [5.74, 6) is 1.82. The summed E-state index contributed by atoms with van der Waals surface area (Å²) in [6, 6.07) is 14.9. The van der Waals surface area contributed by atoms with Crippen molar-refractivity contribution in [3.63, 3.8) is 0 Å². The van der Waals surface area contributed by atoms with E-state index in [-0.39, 0.29) is 11.8 Å². The Hall–Kier alpha value is -2.90. The number of piperidine rings is 1. The number of aromatic nitrogens is 2. The van der Waals surface area contributed by atoms with E-state index in [4.69, 9.17) is 20.9 Å². The average Bonchev–Trinajstić information content (AvgIpc) is 3.25. The molecule has 0 atom stereocenters. The van der Waals surface area contributed by atoms with Crippen LogP contribution in [-0.4, -0.2) is 40.6 Å². The highest BCUT2D eigenvalue weighted by atomic mass is 35.5. The smallest absolute Gasteiger partial charge is 0.241 e. The van der Waals surface area contributed by atoms with Gasteiger partial charge in [-0.15, -0.1) is 0 Å². The molecule has 8 heteroatoms. The maximum Gasteiger partial charge on any atom is 0.241 e. The van der Waals surface area contributed by atoms with Crippen LogP contribution in [0.5, 0.6) is 5.75 Å². The summed E-state index contributed by atoms with van der Waals surface area (Å²) in [5.41, 5.74) is 1.58. The predicted molar refractivity (Wildman–Crippen MR) is 119 cm³/mol. The number of amides is 1. The molecule has 7 nitrogen and oxygen atoms in total. The number of hydrogen-bond donors (Lipinski definition) is 1. The number of halogens is 1. The van der Waals surface area contributed by atoms with E-state index < -0.39 is 0 Å². The normalized spacial score (nSPS) is 15.0. The zero-order valence-electron chi connectivity index (χ0n) is 17.4. The molecule has 1 saturated heterocycles. The van der Waals surface area contributed by atoms with Gasteiger partial charge >= 0.3 is 0 Å². The SMILES string of the molecule is CCOc1ccccc1NC(=O)C1CCN(Cc2nc(-c3ccc(Cl)cc3)no2)CC1. The standard InChI is InChI=1S/C23H25ClN4O3/c1-2-30-20-6-4-3-5-19(20)25-23(29)17-11-13-28(14-12-17)15-21-26-22(27-31-21)16-7-9-18(24)10-8-16/h3-10,17H,2,11-15H2,1H3,(H,25,29). The lowest BCUT2D eigenvalue weighted by Gasteiger charge is -2.30. The van der Waals surface area contributed by atoms with Crippen molar-refractivity contribution in [1.29, 1.82) is 0 Å². The van der Waals surface area contributed by atoms with Gasteiger partial charge in [-0.1, -0.05) is 28.9 Å². The van der Waals surface area contributed by atoms with E-state index in [1.54, 1.807) is 12.1 Å². The van der Waals surface area contributed by atoms with Gasteiger partial charge in [-0.2, -0.15) is 4.98 Å². The first-order valence-corrected chi connectivity index (χ1v) is 10.8. The van der Waals surface area contributed by atoms with E-state index in [2.05, 4.69) is 20.4 Å². The van der Waals surface area contributed by atoms with Crippen molar-refractivity contribution in [1.82, 2.24) is 15.0 Å². The van der Waals surface area contributed by atoms with Crippen molar-refractivity contribution in [2.45, 2.75) is 26.3 Å². The van der Waals surface area contributed by atoms with Gasteiger partial charge in [0.25, 0.3) is 0 Å². The first-order chi connectivity index (χ1) is 15.1. The second-order valence-electron chi connectivity index (χ2n) is 7.49. The van der Waals surface area contributed by atoms with Gasteiger partial charge in [-0.25, -0.2) is 0 Å². The Morgan fingerprint density at radius 3 is 2.68 bits per heavy atom. The highest BCUT2D eigenvalue weighted by Crippen LogP contribution is 2.27. The van der Waals surface area contributed by atoms with Gasteiger partial charge in [-0.05, 0) is 69.3 Å². The van der Waals surface area contributed by atoms with Gasteiger partial charge in [0.1, 0.15) is 5.75 Å². The molecule has 162 valence electrons. The lowest BCUT2D eigenvalue weighted by Crippen LogP contribution is -2.37. The minimum absolute atomic E-state index is 0.0294. The number of nitrogens with zero attached hydrogens (tertiary/aromatic N) is 3. The van der Waals surface area contributed by atoms with Crippen LogP contribution in [0, 0.1) is 5.92 Å². The summed E-state index contributed by atoms with van der Waals surface area (Å²) < 4.78 is 11.0. The van der Waals surface area contributed by atoms with Gasteiger partial charge in [0.2, 0.25) is 17.6 Å². The summed E-state index contributed by atoms with van der Waals surface area (Å²) in [6.07, 6.45) is 1.56. The van der Waals surface area contributed by atoms with Gasteiger partial charge in [0.05, 0.1) is 18.8 Å². The van der Waals surface area contributed by atoms with Gasteiger partial charge in [0.15, 0.2) is 0 Å². The fourth-order valence-electron chi connectivity index (χ4n) is 3.67. The Kier molecular flexibility index (Phi) is 6.84. The molecule has 1 aliphatic rings. The molecule has 0 saturated carbocycles. The van der Waals surface area contributed by atoms with Crippen LogP contribution in [0.2, 0.25) is 5.02 Å². The molecule has 0 spiro atoms. The first-order valence-electron chi connectivity index (χ1n) is 10.5. The highest BCUT2D eigenvalue weighted by Gasteiger charge is 2.26. The molecule has 3 aromatic rings. The summed E-state index contributed by atoms with van der Waals surface area (Å²) in [5, 5.41) is 7.75. The Balaban J connectivity index is 1.29. The molecule has 31 heavy (non-hydrogen) atoms. The van der Waals surface area contributed by atoms with Crippen molar-refractivity contribution in [3.8, 4) is 17.1 Å². The van der Waals surface area contributed by atoms with Gasteiger partial charge in [0, 0.05) is 16.5 Å². The number of likely N-dealkylation sites (tertiary alicyclic amines) is 1. The molecule has 1 fully saturated rings. The Morgan fingerprint density at radius 2 is 1.94 bits per heavy atom. The van der Waals surface area contributed by atoms with Gasteiger partial charge in [-0.3, -0.25) is 9.69 Å². The zero-order valence-corrected chi connectivity index (χ0v) is 18.1. The van der Waals surface area contributed by atoms with Crippen molar-refractivity contribution < 1.29 is 14.1 Å². The molecular weight excluding hydrogens is 416 g/mol. The minimum atomic E-state index is -0.0294. The highest BCUT2D eigenvalue weighted by molar-refractivity contribution is 6.30. The summed E-state index contributed by atoms with van der Waals surface area (Å²) >= 11 is 5.93. The van der Waals surface area contributed by atoms with Crippen LogP contribution in [0.1, 0.15) is 25.7 Å². The summed E-state index contributed by atoms with van der Waals surface area (Å²) in [6.45, 7) is 4.65. The van der Waals surface area contributed by atoms with Crippen LogP contribution >= 0.6 is 11.6 Å². The zero-order chi connectivity index (χ0) is 21.6. The van der Waals surface area contributed by atoms with Crippen LogP contribution in [0.4, 0.5) is 5.69 Å². The molecule has 0 radical (unpaired) electrons. The lowest BCUT2D eigenvalue weighted by atomic mass is 9.96. The fraction of sp³-hybridized carbons (Fsp3) is 0.348. The number of ether oxygens (including phenoxy) is 1. The number of rotatable bonds is 7. The van der Waals surface area contributed by atoms with E-state index in [9.17, 15) is 4.79 Å². The Labute approximate surface area is 186 Å². The maximum atomic E-state index is 12.7. The molecule has 0 aliphatic carbocycles. The van der Waals surface area contributed by atoms with E-state index in [0.717, 1.165) is 37.2 Å². The van der Waals surface area contributed by atoms with E-state index in [0.29, 0.717) is 35.6 Å². The summed E-state index contributed by atoms with van der Waals surface area (Å²) in [7, 11) is 0. The molecule has 4 rings (SSSR count). The number of nitrogens with one attached hydrogen (secondary N) is 1. The minimum Gasteiger partial charge on any atom is -0.492 e. The molecule has 0 bridgehead atoms. The van der Waals surface area contributed by atoms with Gasteiger partial charge < -0.3 is 14.6 Å². The van der Waals surface area contributed by atoms with E-state index >= 15 is 0 Å². The molecule has 1 aliphatic heterocycles.